The summed E-state index contributed by atoms with van der Waals surface area (Å²) < 4.78 is 0. The molecule has 2 atom stereocenters. The lowest BCUT2D eigenvalue weighted by Gasteiger charge is -2.20. The number of hydrogen-bond donors (Lipinski definition) is 0. The Bertz CT molecular complexity index is 306. The fraction of sp³-hybridized carbons (Fsp3) is 0.462. The molecule has 0 fully saturated rings. The van der Waals surface area contributed by atoms with Crippen LogP contribution in [-0.2, 0) is 4.79 Å². The van der Waals surface area contributed by atoms with Crippen LogP contribution < -0.4 is 5.11 Å². The van der Waals surface area contributed by atoms with E-state index in [1.165, 1.54) is 5.56 Å². The molecule has 0 aliphatic rings. The van der Waals surface area contributed by atoms with Crippen LogP contribution in [0.3, 0.4) is 0 Å². The Morgan fingerprint density at radius 1 is 1.33 bits per heavy atom. The average molecular weight is 205 g/mol. The number of aliphatic carboxylic acids is 1. The Kier molecular flexibility index (Phi) is 4.35. The third kappa shape index (κ3) is 3.39. The second-order valence-corrected chi connectivity index (χ2v) is 3.97. The van der Waals surface area contributed by atoms with Crippen molar-refractivity contribution in [2.75, 3.05) is 0 Å². The fourth-order valence-corrected chi connectivity index (χ4v) is 1.79. The molecule has 0 saturated carbocycles. The molecule has 0 heterocycles. The van der Waals surface area contributed by atoms with Crippen LogP contribution in [0, 0.1) is 5.92 Å². The maximum Gasteiger partial charge on any atom is 0.0442 e. The van der Waals surface area contributed by atoms with Crippen molar-refractivity contribution in [3.05, 3.63) is 35.9 Å². The van der Waals surface area contributed by atoms with Gasteiger partial charge in [0.1, 0.15) is 0 Å². The predicted octanol–water partition coefficient (Wildman–Crippen LogP) is 1.96. The van der Waals surface area contributed by atoms with Crippen molar-refractivity contribution >= 4 is 5.97 Å². The van der Waals surface area contributed by atoms with E-state index in [-0.39, 0.29) is 5.92 Å². The molecule has 0 aromatic heterocycles. The minimum Gasteiger partial charge on any atom is -0.550 e. The van der Waals surface area contributed by atoms with E-state index in [9.17, 15) is 9.90 Å². The molecule has 2 nitrogen and oxygen atoms in total. The van der Waals surface area contributed by atoms with Crippen molar-refractivity contribution in [2.45, 2.75) is 32.6 Å². The number of carbonyl (C=O) groups is 1. The first-order chi connectivity index (χ1) is 7.15. The molecule has 0 bridgehead atoms. The SMILES string of the molecule is CCC(CC(C)C(=O)[O-])c1ccccc1. The van der Waals surface area contributed by atoms with E-state index >= 15 is 0 Å². The molecule has 0 aliphatic heterocycles. The standard InChI is InChI=1S/C13H18O2/c1-3-11(9-10(2)13(14)15)12-7-5-4-6-8-12/h4-8,10-11H,3,9H2,1-2H3,(H,14,15)/p-1. The van der Waals surface area contributed by atoms with Gasteiger partial charge < -0.3 is 9.90 Å². The van der Waals surface area contributed by atoms with Gasteiger partial charge in [-0.25, -0.2) is 0 Å². The van der Waals surface area contributed by atoms with Crippen LogP contribution in [0.2, 0.25) is 0 Å². The molecule has 82 valence electrons. The van der Waals surface area contributed by atoms with E-state index in [0.717, 1.165) is 6.42 Å². The number of rotatable bonds is 5. The maximum atomic E-state index is 10.7. The van der Waals surface area contributed by atoms with E-state index in [1.807, 2.05) is 18.2 Å². The van der Waals surface area contributed by atoms with E-state index in [0.29, 0.717) is 12.3 Å². The van der Waals surface area contributed by atoms with Gasteiger partial charge in [-0.2, -0.15) is 0 Å². The molecule has 1 aromatic rings. The Morgan fingerprint density at radius 3 is 2.40 bits per heavy atom. The average Bonchev–Trinajstić information content (AvgIpc) is 2.26. The van der Waals surface area contributed by atoms with Crippen LogP contribution in [-0.4, -0.2) is 5.97 Å². The lowest BCUT2D eigenvalue weighted by atomic mass is 9.88. The zero-order chi connectivity index (χ0) is 11.3. The van der Waals surface area contributed by atoms with Gasteiger partial charge in [0.2, 0.25) is 0 Å². The lowest BCUT2D eigenvalue weighted by Crippen LogP contribution is -2.30. The molecule has 2 heteroatoms. The van der Waals surface area contributed by atoms with E-state index in [4.69, 9.17) is 0 Å². The Hall–Kier alpha value is -1.31. The largest absolute Gasteiger partial charge is 0.550 e. The molecular formula is C13H17O2-. The minimum atomic E-state index is -0.954. The second-order valence-electron chi connectivity index (χ2n) is 3.97. The number of carboxylic acids is 1. The first-order valence-electron chi connectivity index (χ1n) is 5.41. The number of benzene rings is 1. The summed E-state index contributed by atoms with van der Waals surface area (Å²) in [5.41, 5.74) is 1.22. The molecule has 0 N–H and O–H groups in total. The lowest BCUT2D eigenvalue weighted by molar-refractivity contribution is -0.311. The van der Waals surface area contributed by atoms with Crippen LogP contribution in [0.5, 0.6) is 0 Å². The third-order valence-corrected chi connectivity index (χ3v) is 2.80. The Labute approximate surface area is 90.9 Å². The third-order valence-electron chi connectivity index (χ3n) is 2.80. The van der Waals surface area contributed by atoms with Crippen molar-refractivity contribution in [1.29, 1.82) is 0 Å². The minimum absolute atomic E-state index is 0.319. The first-order valence-corrected chi connectivity index (χ1v) is 5.41. The Balaban J connectivity index is 2.69. The van der Waals surface area contributed by atoms with Gasteiger partial charge in [0, 0.05) is 5.97 Å². The van der Waals surface area contributed by atoms with Gasteiger partial charge in [-0.3, -0.25) is 0 Å². The number of carboxylic acid groups (broad SMARTS) is 1. The van der Waals surface area contributed by atoms with Gasteiger partial charge in [-0.05, 0) is 30.2 Å². The number of hydrogen-bond acceptors (Lipinski definition) is 2. The highest BCUT2D eigenvalue weighted by Crippen LogP contribution is 2.26. The highest BCUT2D eigenvalue weighted by Gasteiger charge is 2.13. The summed E-state index contributed by atoms with van der Waals surface area (Å²) in [4.78, 5) is 10.7. The maximum absolute atomic E-state index is 10.7. The highest BCUT2D eigenvalue weighted by atomic mass is 16.4. The number of carbonyl (C=O) groups excluding carboxylic acids is 1. The predicted molar refractivity (Wildman–Crippen MR) is 58.3 cm³/mol. The zero-order valence-electron chi connectivity index (χ0n) is 9.27. The molecule has 0 amide bonds. The molecule has 2 unspecified atom stereocenters. The summed E-state index contributed by atoms with van der Waals surface area (Å²) in [5, 5.41) is 10.7. The van der Waals surface area contributed by atoms with Gasteiger partial charge in [0.15, 0.2) is 0 Å². The van der Waals surface area contributed by atoms with E-state index < -0.39 is 5.97 Å². The van der Waals surface area contributed by atoms with Crippen molar-refractivity contribution in [1.82, 2.24) is 0 Å². The molecule has 0 aliphatic carbocycles. The molecule has 0 saturated heterocycles. The van der Waals surface area contributed by atoms with E-state index in [1.54, 1.807) is 6.92 Å². The van der Waals surface area contributed by atoms with Crippen LogP contribution in [0.4, 0.5) is 0 Å². The van der Waals surface area contributed by atoms with Crippen LogP contribution >= 0.6 is 0 Å². The molecule has 0 spiro atoms. The summed E-state index contributed by atoms with van der Waals surface area (Å²) in [6, 6.07) is 10.0. The molecular weight excluding hydrogens is 188 g/mol. The summed E-state index contributed by atoms with van der Waals surface area (Å²) in [6.07, 6.45) is 1.62. The van der Waals surface area contributed by atoms with Crippen LogP contribution in [0.15, 0.2) is 30.3 Å². The fourth-order valence-electron chi connectivity index (χ4n) is 1.79. The van der Waals surface area contributed by atoms with Gasteiger partial charge in [0.25, 0.3) is 0 Å². The molecule has 1 aromatic carbocycles. The summed E-state index contributed by atoms with van der Waals surface area (Å²) >= 11 is 0. The topological polar surface area (TPSA) is 40.1 Å². The highest BCUT2D eigenvalue weighted by molar-refractivity contribution is 5.67. The van der Waals surface area contributed by atoms with Gasteiger partial charge in [-0.1, -0.05) is 44.2 Å². The molecule has 1 rings (SSSR count). The Morgan fingerprint density at radius 2 is 1.93 bits per heavy atom. The summed E-state index contributed by atoms with van der Waals surface area (Å²) in [7, 11) is 0. The first kappa shape index (κ1) is 11.8. The molecule has 15 heavy (non-hydrogen) atoms. The smallest absolute Gasteiger partial charge is 0.0442 e. The van der Waals surface area contributed by atoms with Gasteiger partial charge in [0.05, 0.1) is 0 Å². The second kappa shape index (κ2) is 5.54. The van der Waals surface area contributed by atoms with Crippen molar-refractivity contribution < 1.29 is 9.90 Å². The zero-order valence-corrected chi connectivity index (χ0v) is 9.27. The molecule has 0 radical (unpaired) electrons. The van der Waals surface area contributed by atoms with Crippen molar-refractivity contribution in [2.24, 2.45) is 5.92 Å². The van der Waals surface area contributed by atoms with Crippen molar-refractivity contribution in [3.8, 4) is 0 Å². The summed E-state index contributed by atoms with van der Waals surface area (Å²) in [5.74, 6) is -1.02. The summed E-state index contributed by atoms with van der Waals surface area (Å²) in [6.45, 7) is 3.79. The quantitative estimate of drug-likeness (QED) is 0.737. The normalized spacial score (nSPS) is 14.5. The van der Waals surface area contributed by atoms with Crippen LogP contribution in [0.1, 0.15) is 38.2 Å². The van der Waals surface area contributed by atoms with Crippen LogP contribution in [0.25, 0.3) is 0 Å². The van der Waals surface area contributed by atoms with Gasteiger partial charge >= 0.3 is 0 Å². The van der Waals surface area contributed by atoms with Gasteiger partial charge in [-0.15, -0.1) is 0 Å². The monoisotopic (exact) mass is 205 g/mol. The van der Waals surface area contributed by atoms with E-state index in [2.05, 4.69) is 19.1 Å². The van der Waals surface area contributed by atoms with Crippen molar-refractivity contribution in [3.63, 3.8) is 0 Å².